The lowest BCUT2D eigenvalue weighted by Crippen LogP contribution is -2.28. The number of benzene rings is 2. The van der Waals surface area contributed by atoms with Crippen molar-refractivity contribution in [1.82, 2.24) is 9.29 Å². The van der Waals surface area contributed by atoms with Gasteiger partial charge in [-0.3, -0.25) is 0 Å². The molecule has 1 fully saturated rings. The smallest absolute Gasteiger partial charge is 0.340 e. The number of hydrogen-bond acceptors (Lipinski definition) is 6. The Morgan fingerprint density at radius 3 is 2.68 bits per heavy atom. The van der Waals surface area contributed by atoms with Gasteiger partial charge in [-0.2, -0.15) is 4.31 Å². The second-order valence-corrected chi connectivity index (χ2v) is 9.86. The molecule has 4 rings (SSSR count). The van der Waals surface area contributed by atoms with Gasteiger partial charge in [-0.15, -0.1) is 11.3 Å². The fourth-order valence-electron chi connectivity index (χ4n) is 3.09. The SMILES string of the molecule is O=C(OCc1nc2ccccc2s1)c1cc(S(=O)(=O)N2CCCC2)ccc1Cl. The van der Waals surface area contributed by atoms with Gasteiger partial charge in [0.05, 0.1) is 25.7 Å². The molecule has 146 valence electrons. The molecule has 0 N–H and O–H groups in total. The largest absolute Gasteiger partial charge is 0.455 e. The molecular weight excluding hydrogens is 420 g/mol. The number of ether oxygens (including phenoxy) is 1. The summed E-state index contributed by atoms with van der Waals surface area (Å²) in [5.41, 5.74) is 0.873. The van der Waals surface area contributed by atoms with Gasteiger partial charge < -0.3 is 4.74 Å². The molecule has 0 unspecified atom stereocenters. The molecule has 0 atom stereocenters. The summed E-state index contributed by atoms with van der Waals surface area (Å²) in [5, 5.41) is 0.807. The number of hydrogen-bond donors (Lipinski definition) is 0. The van der Waals surface area contributed by atoms with Crippen molar-refractivity contribution in [3.05, 3.63) is 58.1 Å². The topological polar surface area (TPSA) is 76.6 Å². The normalized spacial score (nSPS) is 15.2. The van der Waals surface area contributed by atoms with Crippen molar-refractivity contribution < 1.29 is 17.9 Å². The Balaban J connectivity index is 1.53. The summed E-state index contributed by atoms with van der Waals surface area (Å²) in [5.74, 6) is -0.678. The van der Waals surface area contributed by atoms with E-state index in [1.807, 2.05) is 24.3 Å². The maximum atomic E-state index is 12.7. The van der Waals surface area contributed by atoms with Crippen molar-refractivity contribution >= 4 is 49.1 Å². The zero-order valence-corrected chi connectivity index (χ0v) is 17.2. The number of fused-ring (bicyclic) bond motifs is 1. The second kappa shape index (κ2) is 7.79. The van der Waals surface area contributed by atoms with E-state index in [1.54, 1.807) is 0 Å². The number of rotatable bonds is 5. The molecule has 0 aliphatic carbocycles. The number of aromatic nitrogens is 1. The first kappa shape index (κ1) is 19.3. The molecule has 1 aliphatic rings. The summed E-state index contributed by atoms with van der Waals surface area (Å²) < 4.78 is 33.2. The van der Waals surface area contributed by atoms with Gasteiger partial charge in [-0.05, 0) is 43.2 Å². The monoisotopic (exact) mass is 436 g/mol. The molecule has 0 amide bonds. The summed E-state index contributed by atoms with van der Waals surface area (Å²) in [6.45, 7) is 0.975. The number of para-hydroxylation sites is 1. The summed E-state index contributed by atoms with van der Waals surface area (Å²) in [4.78, 5) is 17.0. The zero-order valence-electron chi connectivity index (χ0n) is 14.8. The molecular formula is C19H17ClN2O4S2. The maximum Gasteiger partial charge on any atom is 0.340 e. The standard InChI is InChI=1S/C19H17ClN2O4S2/c20-15-8-7-13(28(24,25)22-9-3-4-10-22)11-14(15)19(23)26-12-18-21-16-5-1-2-6-17(16)27-18/h1-2,5-8,11H,3-4,9-10,12H2. The average molecular weight is 437 g/mol. The van der Waals surface area contributed by atoms with Crippen LogP contribution in [-0.2, 0) is 21.4 Å². The third kappa shape index (κ3) is 3.77. The molecule has 1 saturated heterocycles. The summed E-state index contributed by atoms with van der Waals surface area (Å²) >= 11 is 7.56. The maximum absolute atomic E-state index is 12.7. The van der Waals surface area contributed by atoms with Crippen molar-refractivity contribution in [3.63, 3.8) is 0 Å². The van der Waals surface area contributed by atoms with E-state index in [4.69, 9.17) is 16.3 Å². The van der Waals surface area contributed by atoms with E-state index in [0.29, 0.717) is 18.1 Å². The van der Waals surface area contributed by atoms with Crippen LogP contribution in [0.15, 0.2) is 47.4 Å². The lowest BCUT2D eigenvalue weighted by molar-refractivity contribution is 0.0472. The number of esters is 1. The van der Waals surface area contributed by atoms with E-state index in [2.05, 4.69) is 4.98 Å². The zero-order chi connectivity index (χ0) is 19.7. The third-order valence-electron chi connectivity index (χ3n) is 4.53. The van der Waals surface area contributed by atoms with Crippen LogP contribution in [0.5, 0.6) is 0 Å². The highest BCUT2D eigenvalue weighted by Crippen LogP contribution is 2.27. The van der Waals surface area contributed by atoms with Crippen LogP contribution < -0.4 is 0 Å². The highest BCUT2D eigenvalue weighted by atomic mass is 35.5. The lowest BCUT2D eigenvalue weighted by Gasteiger charge is -2.16. The number of thiazole rings is 1. The van der Waals surface area contributed by atoms with E-state index in [1.165, 1.54) is 33.8 Å². The van der Waals surface area contributed by atoms with Gasteiger partial charge in [0, 0.05) is 13.1 Å². The van der Waals surface area contributed by atoms with Gasteiger partial charge in [-0.25, -0.2) is 18.2 Å². The van der Waals surface area contributed by atoms with Crippen LogP contribution >= 0.6 is 22.9 Å². The number of nitrogens with zero attached hydrogens (tertiary/aromatic N) is 2. The average Bonchev–Trinajstić information content (AvgIpc) is 3.36. The summed E-state index contributed by atoms with van der Waals surface area (Å²) in [6.07, 6.45) is 1.67. The Kier molecular flexibility index (Phi) is 5.37. The highest BCUT2D eigenvalue weighted by Gasteiger charge is 2.28. The molecule has 3 aromatic rings. The predicted octanol–water partition coefficient (Wildman–Crippen LogP) is 4.09. The van der Waals surface area contributed by atoms with Crippen molar-refractivity contribution in [3.8, 4) is 0 Å². The van der Waals surface area contributed by atoms with Crippen LogP contribution in [0.4, 0.5) is 0 Å². The van der Waals surface area contributed by atoms with Crippen LogP contribution in [0, 0.1) is 0 Å². The number of halogens is 1. The van der Waals surface area contributed by atoms with Gasteiger partial charge in [0.1, 0.15) is 11.6 Å². The highest BCUT2D eigenvalue weighted by molar-refractivity contribution is 7.89. The van der Waals surface area contributed by atoms with E-state index < -0.39 is 16.0 Å². The van der Waals surface area contributed by atoms with Gasteiger partial charge in [0.15, 0.2) is 0 Å². The Labute approximate surface area is 171 Å². The van der Waals surface area contributed by atoms with Crippen LogP contribution in [0.25, 0.3) is 10.2 Å². The fourth-order valence-corrected chi connectivity index (χ4v) is 5.70. The molecule has 2 heterocycles. The first-order chi connectivity index (χ1) is 13.4. The molecule has 0 spiro atoms. The van der Waals surface area contributed by atoms with E-state index in [0.717, 1.165) is 23.1 Å². The first-order valence-corrected chi connectivity index (χ1v) is 11.4. The molecule has 0 saturated carbocycles. The van der Waals surface area contributed by atoms with Gasteiger partial charge in [-0.1, -0.05) is 23.7 Å². The van der Waals surface area contributed by atoms with Crippen LogP contribution in [-0.4, -0.2) is 36.8 Å². The number of carbonyl (C=O) groups excluding carboxylic acids is 1. The van der Waals surface area contributed by atoms with Crippen molar-refractivity contribution in [2.75, 3.05) is 13.1 Å². The van der Waals surface area contributed by atoms with Crippen molar-refractivity contribution in [2.45, 2.75) is 24.3 Å². The molecule has 1 aliphatic heterocycles. The summed E-state index contributed by atoms with van der Waals surface area (Å²) in [7, 11) is -3.64. The molecule has 0 radical (unpaired) electrons. The predicted molar refractivity (Wildman–Crippen MR) is 108 cm³/mol. The number of sulfonamides is 1. The minimum absolute atomic E-state index is 0.00237. The van der Waals surface area contributed by atoms with Gasteiger partial charge >= 0.3 is 5.97 Å². The van der Waals surface area contributed by atoms with Crippen LogP contribution in [0.1, 0.15) is 28.2 Å². The Morgan fingerprint density at radius 1 is 1.18 bits per heavy atom. The third-order valence-corrected chi connectivity index (χ3v) is 7.76. The lowest BCUT2D eigenvalue weighted by atomic mass is 10.2. The molecule has 9 heteroatoms. The Hall–Kier alpha value is -2.00. The Bertz CT molecular complexity index is 1100. The molecule has 28 heavy (non-hydrogen) atoms. The molecule has 1 aromatic heterocycles. The second-order valence-electron chi connectivity index (χ2n) is 6.40. The minimum Gasteiger partial charge on any atom is -0.455 e. The van der Waals surface area contributed by atoms with Gasteiger partial charge in [0.25, 0.3) is 0 Å². The van der Waals surface area contributed by atoms with Crippen LogP contribution in [0.3, 0.4) is 0 Å². The number of carbonyl (C=O) groups is 1. The molecule has 6 nitrogen and oxygen atoms in total. The Morgan fingerprint density at radius 2 is 1.93 bits per heavy atom. The molecule has 0 bridgehead atoms. The van der Waals surface area contributed by atoms with Crippen LogP contribution in [0.2, 0.25) is 5.02 Å². The minimum atomic E-state index is -3.64. The van der Waals surface area contributed by atoms with Gasteiger partial charge in [0.2, 0.25) is 10.0 Å². The van der Waals surface area contributed by atoms with Crippen molar-refractivity contribution in [1.29, 1.82) is 0 Å². The first-order valence-electron chi connectivity index (χ1n) is 8.76. The van der Waals surface area contributed by atoms with Crippen molar-refractivity contribution in [2.24, 2.45) is 0 Å². The van der Waals surface area contributed by atoms with E-state index >= 15 is 0 Å². The fraction of sp³-hybridized carbons (Fsp3) is 0.263. The van der Waals surface area contributed by atoms with E-state index in [9.17, 15) is 13.2 Å². The van der Waals surface area contributed by atoms with E-state index in [-0.39, 0.29) is 22.1 Å². The quantitative estimate of drug-likeness (QED) is 0.563. The summed E-state index contributed by atoms with van der Waals surface area (Å²) in [6, 6.07) is 11.8. The molecule has 2 aromatic carbocycles.